The monoisotopic (exact) mass is 311 g/mol. The Bertz CT molecular complexity index is 811. The van der Waals surface area contributed by atoms with Gasteiger partial charge in [0, 0.05) is 24.7 Å². The zero-order valence-electron chi connectivity index (χ0n) is 11.4. The molecule has 0 unspecified atom stereocenters. The van der Waals surface area contributed by atoms with Crippen LogP contribution in [-0.4, -0.2) is 43.8 Å². The van der Waals surface area contributed by atoms with Crippen molar-refractivity contribution >= 4 is 26.7 Å². The van der Waals surface area contributed by atoms with Crippen molar-refractivity contribution in [1.82, 2.24) is 4.90 Å². The van der Waals surface area contributed by atoms with Crippen LogP contribution in [0.2, 0.25) is 0 Å². The molecule has 0 N–H and O–H groups in total. The Balaban J connectivity index is 1.92. The highest BCUT2D eigenvalue weighted by atomic mass is 32.2. The van der Waals surface area contributed by atoms with Gasteiger partial charge in [0.1, 0.15) is 0 Å². The fraction of sp³-hybridized carbons (Fsp3) is 0.357. The van der Waals surface area contributed by atoms with Crippen LogP contribution in [0, 0.1) is 5.82 Å². The Hall–Kier alpha value is -1.89. The first-order chi connectivity index (χ1) is 9.88. The van der Waals surface area contributed by atoms with E-state index in [9.17, 15) is 17.6 Å². The Morgan fingerprint density at radius 2 is 2.14 bits per heavy atom. The molecule has 0 aliphatic carbocycles. The summed E-state index contributed by atoms with van der Waals surface area (Å²) in [7, 11) is -3.16. The number of benzene rings is 1. The molecule has 5 nitrogen and oxygen atoms in total. The van der Waals surface area contributed by atoms with Crippen molar-refractivity contribution in [3.05, 3.63) is 35.8 Å². The van der Waals surface area contributed by atoms with E-state index >= 15 is 0 Å². The van der Waals surface area contributed by atoms with Gasteiger partial charge >= 0.3 is 0 Å². The largest absolute Gasteiger partial charge is 0.461 e. The number of fused-ring (bicyclic) bond motifs is 1. The number of halogens is 1. The van der Waals surface area contributed by atoms with Crippen molar-refractivity contribution in [3.8, 4) is 0 Å². The van der Waals surface area contributed by atoms with E-state index < -0.39 is 20.9 Å². The number of carbonyl (C=O) groups excluding carboxylic acids is 1. The van der Waals surface area contributed by atoms with E-state index in [1.807, 2.05) is 0 Å². The molecular weight excluding hydrogens is 297 g/mol. The molecule has 1 aliphatic heterocycles. The molecule has 1 aromatic heterocycles. The van der Waals surface area contributed by atoms with Crippen LogP contribution >= 0.6 is 0 Å². The van der Waals surface area contributed by atoms with Crippen molar-refractivity contribution < 1.29 is 22.0 Å². The standard InChI is InChI=1S/C14H14FNO4S/c1-21(18,19)9-4-6-16(8-9)14(17)11-2-3-12(15)13-10(11)5-7-20-13/h2-3,5,7,9H,4,6,8H2,1H3/t9-/m0/s1. The highest BCUT2D eigenvalue weighted by Gasteiger charge is 2.33. The van der Waals surface area contributed by atoms with Gasteiger partial charge in [0.05, 0.1) is 17.1 Å². The summed E-state index contributed by atoms with van der Waals surface area (Å²) in [6.07, 6.45) is 2.94. The number of furan rings is 1. The summed E-state index contributed by atoms with van der Waals surface area (Å²) in [4.78, 5) is 14.0. The van der Waals surface area contributed by atoms with Gasteiger partial charge in [-0.25, -0.2) is 12.8 Å². The molecule has 3 rings (SSSR count). The first-order valence-electron chi connectivity index (χ1n) is 6.52. The molecule has 1 atom stereocenters. The number of amides is 1. The molecule has 1 aliphatic rings. The highest BCUT2D eigenvalue weighted by Crippen LogP contribution is 2.26. The first-order valence-corrected chi connectivity index (χ1v) is 8.47. The average molecular weight is 311 g/mol. The van der Waals surface area contributed by atoms with Crippen LogP contribution in [0.25, 0.3) is 11.0 Å². The van der Waals surface area contributed by atoms with Gasteiger partial charge in [-0.2, -0.15) is 0 Å². The van der Waals surface area contributed by atoms with E-state index in [1.54, 1.807) is 0 Å². The Morgan fingerprint density at radius 3 is 2.81 bits per heavy atom. The lowest BCUT2D eigenvalue weighted by atomic mass is 10.1. The molecule has 1 fully saturated rings. The lowest BCUT2D eigenvalue weighted by Crippen LogP contribution is -2.31. The highest BCUT2D eigenvalue weighted by molar-refractivity contribution is 7.91. The molecule has 112 valence electrons. The third-order valence-corrected chi connectivity index (χ3v) is 5.43. The van der Waals surface area contributed by atoms with Gasteiger partial charge in [-0.1, -0.05) is 0 Å². The van der Waals surface area contributed by atoms with E-state index in [0.29, 0.717) is 23.9 Å². The molecule has 0 spiro atoms. The lowest BCUT2D eigenvalue weighted by Gasteiger charge is -2.16. The molecule has 2 heterocycles. The topological polar surface area (TPSA) is 67.6 Å². The second-order valence-corrected chi connectivity index (χ2v) is 7.58. The van der Waals surface area contributed by atoms with Crippen LogP contribution in [0.1, 0.15) is 16.8 Å². The van der Waals surface area contributed by atoms with Crippen LogP contribution in [0.3, 0.4) is 0 Å². The number of carbonyl (C=O) groups is 1. The van der Waals surface area contributed by atoms with Crippen LogP contribution in [0.5, 0.6) is 0 Å². The summed E-state index contributed by atoms with van der Waals surface area (Å²) in [5, 5.41) is -0.121. The number of sulfone groups is 1. The fourth-order valence-electron chi connectivity index (χ4n) is 2.65. The van der Waals surface area contributed by atoms with Gasteiger partial charge in [-0.3, -0.25) is 4.79 Å². The van der Waals surface area contributed by atoms with E-state index in [1.165, 1.54) is 35.6 Å². The smallest absolute Gasteiger partial charge is 0.254 e. The van der Waals surface area contributed by atoms with Crippen molar-refractivity contribution in [2.75, 3.05) is 19.3 Å². The summed E-state index contributed by atoms with van der Waals surface area (Å²) >= 11 is 0. The number of rotatable bonds is 2. The minimum absolute atomic E-state index is 0.0414. The maximum absolute atomic E-state index is 13.6. The van der Waals surface area contributed by atoms with Gasteiger partial charge in [0.25, 0.3) is 5.91 Å². The zero-order chi connectivity index (χ0) is 15.2. The Kier molecular flexibility index (Phi) is 3.24. The summed E-state index contributed by atoms with van der Waals surface area (Å²) in [5.74, 6) is -0.825. The predicted molar refractivity (Wildman–Crippen MR) is 75.3 cm³/mol. The van der Waals surface area contributed by atoms with Gasteiger partial charge in [0.2, 0.25) is 0 Å². The van der Waals surface area contributed by atoms with Crippen LogP contribution in [0.15, 0.2) is 28.9 Å². The van der Waals surface area contributed by atoms with Gasteiger partial charge in [-0.15, -0.1) is 0 Å². The molecule has 2 aromatic rings. The quantitative estimate of drug-likeness (QED) is 0.848. The van der Waals surface area contributed by atoms with Crippen LogP contribution in [0.4, 0.5) is 4.39 Å². The number of nitrogens with zero attached hydrogens (tertiary/aromatic N) is 1. The van der Waals surface area contributed by atoms with E-state index in [-0.39, 0.29) is 18.0 Å². The van der Waals surface area contributed by atoms with E-state index in [4.69, 9.17) is 4.42 Å². The second kappa shape index (κ2) is 4.84. The van der Waals surface area contributed by atoms with Gasteiger partial charge in [-0.05, 0) is 24.6 Å². The maximum atomic E-state index is 13.6. The fourth-order valence-corrected chi connectivity index (χ4v) is 3.63. The Labute approximate surface area is 121 Å². The predicted octanol–water partition coefficient (Wildman–Crippen LogP) is 1.83. The van der Waals surface area contributed by atoms with Crippen LogP contribution < -0.4 is 0 Å². The van der Waals surface area contributed by atoms with Crippen molar-refractivity contribution in [1.29, 1.82) is 0 Å². The molecule has 1 amide bonds. The SMILES string of the molecule is CS(=O)(=O)[C@H]1CCN(C(=O)c2ccc(F)c3occc23)C1. The minimum Gasteiger partial charge on any atom is -0.461 e. The summed E-state index contributed by atoms with van der Waals surface area (Å²) < 4.78 is 41.7. The molecule has 1 saturated heterocycles. The normalized spacial score (nSPS) is 19.3. The van der Waals surface area contributed by atoms with Crippen molar-refractivity contribution in [2.45, 2.75) is 11.7 Å². The zero-order valence-corrected chi connectivity index (χ0v) is 12.2. The third-order valence-electron chi connectivity index (χ3n) is 3.84. The molecule has 21 heavy (non-hydrogen) atoms. The molecule has 1 aromatic carbocycles. The number of likely N-dealkylation sites (tertiary alicyclic amines) is 1. The van der Waals surface area contributed by atoms with Crippen molar-refractivity contribution in [2.24, 2.45) is 0 Å². The molecular formula is C14H14FNO4S. The maximum Gasteiger partial charge on any atom is 0.254 e. The van der Waals surface area contributed by atoms with E-state index in [0.717, 1.165) is 0 Å². The summed E-state index contributed by atoms with van der Waals surface area (Å²) in [6.45, 7) is 0.557. The first kappa shape index (κ1) is 14.1. The second-order valence-electron chi connectivity index (χ2n) is 5.25. The molecule has 0 radical (unpaired) electrons. The summed E-state index contributed by atoms with van der Waals surface area (Å²) in [6, 6.07) is 4.13. The van der Waals surface area contributed by atoms with Crippen LogP contribution in [-0.2, 0) is 9.84 Å². The van der Waals surface area contributed by atoms with Crippen molar-refractivity contribution in [3.63, 3.8) is 0 Å². The third kappa shape index (κ3) is 2.42. The number of hydrogen-bond acceptors (Lipinski definition) is 4. The minimum atomic E-state index is -3.16. The van der Waals surface area contributed by atoms with Gasteiger partial charge < -0.3 is 9.32 Å². The number of hydrogen-bond donors (Lipinski definition) is 0. The van der Waals surface area contributed by atoms with E-state index in [2.05, 4.69) is 0 Å². The molecule has 7 heteroatoms. The molecule has 0 bridgehead atoms. The van der Waals surface area contributed by atoms with Gasteiger partial charge in [0.15, 0.2) is 21.2 Å². The lowest BCUT2D eigenvalue weighted by molar-refractivity contribution is 0.0795. The Morgan fingerprint density at radius 1 is 1.38 bits per heavy atom. The average Bonchev–Trinajstić information content (AvgIpc) is 3.07. The summed E-state index contributed by atoms with van der Waals surface area (Å²) in [5.41, 5.74) is 0.369. The molecule has 0 saturated carbocycles.